The number of benzene rings is 3. The molecule has 37 heavy (non-hydrogen) atoms. The first-order valence-corrected chi connectivity index (χ1v) is 14.8. The molecule has 0 aliphatic heterocycles. The van der Waals surface area contributed by atoms with Crippen molar-refractivity contribution >= 4 is 54.2 Å². The number of thiazole rings is 1. The van der Waals surface area contributed by atoms with Gasteiger partial charge in [0.15, 0.2) is 25.9 Å². The molecule has 0 radical (unpaired) electrons. The third kappa shape index (κ3) is 5.58. The number of nitrogens with one attached hydrogen (secondary N) is 1. The van der Waals surface area contributed by atoms with E-state index in [1.54, 1.807) is 41.8 Å². The van der Waals surface area contributed by atoms with Crippen molar-refractivity contribution in [2.45, 2.75) is 34.9 Å². The molecule has 11 heteroatoms. The number of thioether (sulfide) groups is 1. The van der Waals surface area contributed by atoms with Crippen LogP contribution in [0.1, 0.15) is 18.3 Å². The third-order valence-corrected chi connectivity index (χ3v) is 9.17. The minimum atomic E-state index is -3.65. The van der Waals surface area contributed by atoms with Gasteiger partial charge in [0.1, 0.15) is 5.75 Å². The van der Waals surface area contributed by atoms with E-state index in [-0.39, 0.29) is 22.4 Å². The van der Waals surface area contributed by atoms with Gasteiger partial charge in [-0.25, -0.2) is 13.4 Å². The van der Waals surface area contributed by atoms with Gasteiger partial charge in [0.25, 0.3) is 0 Å². The Hall–Kier alpha value is -3.54. The van der Waals surface area contributed by atoms with Gasteiger partial charge in [-0.3, -0.25) is 9.36 Å². The number of para-hydroxylation sites is 1. The Morgan fingerprint density at radius 1 is 1.03 bits per heavy atom. The van der Waals surface area contributed by atoms with Crippen LogP contribution in [0.25, 0.3) is 15.9 Å². The van der Waals surface area contributed by atoms with Crippen molar-refractivity contribution in [1.82, 2.24) is 19.7 Å². The summed E-state index contributed by atoms with van der Waals surface area (Å²) in [5.74, 6) is -0.293. The second kappa shape index (κ2) is 10.4. The lowest BCUT2D eigenvalue weighted by molar-refractivity contribution is -0.115. The summed E-state index contributed by atoms with van der Waals surface area (Å²) in [6, 6.07) is 23.5. The van der Waals surface area contributed by atoms with Gasteiger partial charge in [0.05, 0.1) is 20.4 Å². The summed E-state index contributed by atoms with van der Waals surface area (Å²) in [6.07, 6.45) is 0. The Kier molecular flexibility index (Phi) is 7.09. The molecule has 3 aromatic carbocycles. The fourth-order valence-corrected chi connectivity index (χ4v) is 6.81. The quantitative estimate of drug-likeness (QED) is 0.263. The maximum Gasteiger partial charge on any atom is 0.239 e. The van der Waals surface area contributed by atoms with E-state index in [4.69, 9.17) is 0 Å². The van der Waals surface area contributed by atoms with Crippen LogP contribution < -0.4 is 5.32 Å². The van der Waals surface area contributed by atoms with Crippen LogP contribution in [0.4, 0.5) is 5.13 Å². The summed E-state index contributed by atoms with van der Waals surface area (Å²) in [5.41, 5.74) is 2.67. The van der Waals surface area contributed by atoms with Gasteiger partial charge >= 0.3 is 0 Å². The van der Waals surface area contributed by atoms with Gasteiger partial charge in [0.2, 0.25) is 5.91 Å². The number of carbonyl (C=O) groups is 1. The van der Waals surface area contributed by atoms with Crippen molar-refractivity contribution in [3.05, 3.63) is 90.3 Å². The number of fused-ring (bicyclic) bond motifs is 1. The number of hydrogen-bond acceptors (Lipinski definition) is 8. The number of aromatic nitrogens is 4. The Balaban J connectivity index is 1.40. The van der Waals surface area contributed by atoms with Crippen LogP contribution in [0.2, 0.25) is 0 Å². The average Bonchev–Trinajstić information content (AvgIpc) is 3.47. The van der Waals surface area contributed by atoms with Crippen LogP contribution in [0.5, 0.6) is 0 Å². The molecule has 0 aliphatic rings. The van der Waals surface area contributed by atoms with Gasteiger partial charge in [-0.2, -0.15) is 0 Å². The molecule has 2 aromatic heterocycles. The second-order valence-electron chi connectivity index (χ2n) is 8.38. The van der Waals surface area contributed by atoms with Crippen LogP contribution in [0, 0.1) is 6.92 Å². The lowest BCUT2D eigenvalue weighted by Gasteiger charge is -2.13. The predicted octanol–water partition coefficient (Wildman–Crippen LogP) is 5.28. The molecular weight excluding hydrogens is 527 g/mol. The molecule has 1 amide bonds. The number of anilines is 1. The topological polar surface area (TPSA) is 107 Å². The monoisotopic (exact) mass is 549 g/mol. The van der Waals surface area contributed by atoms with E-state index >= 15 is 0 Å². The smallest absolute Gasteiger partial charge is 0.239 e. The maximum absolute atomic E-state index is 13.1. The van der Waals surface area contributed by atoms with E-state index in [1.165, 1.54) is 23.1 Å². The van der Waals surface area contributed by atoms with Crippen LogP contribution in [-0.4, -0.2) is 39.3 Å². The number of carbonyl (C=O) groups excluding carboxylic acids is 1. The summed E-state index contributed by atoms with van der Waals surface area (Å²) in [5, 5.41) is 11.8. The maximum atomic E-state index is 13.1. The molecule has 5 rings (SSSR count). The average molecular weight is 550 g/mol. The standard InChI is InChI=1S/C26H23N5O3S3/c1-17-13-14-21-22(15-17)36-25(27-21)28-24(32)18(2)35-26-30-29-23(31(26)19-9-5-3-6-10-19)16-37(33,34)20-11-7-4-8-12-20/h3-15,18H,16H2,1-2H3,(H,27,28,32). The molecule has 5 aromatic rings. The van der Waals surface area contributed by atoms with E-state index < -0.39 is 15.1 Å². The number of aryl methyl sites for hydroxylation is 1. The van der Waals surface area contributed by atoms with Crippen molar-refractivity contribution in [2.24, 2.45) is 0 Å². The van der Waals surface area contributed by atoms with Crippen molar-refractivity contribution in [3.8, 4) is 5.69 Å². The third-order valence-electron chi connectivity index (χ3n) is 5.56. The minimum absolute atomic E-state index is 0.214. The van der Waals surface area contributed by atoms with Crippen LogP contribution in [0.3, 0.4) is 0 Å². The van der Waals surface area contributed by atoms with E-state index in [1.807, 2.05) is 55.5 Å². The van der Waals surface area contributed by atoms with Gasteiger partial charge < -0.3 is 5.32 Å². The number of hydrogen-bond donors (Lipinski definition) is 1. The van der Waals surface area contributed by atoms with Crippen molar-refractivity contribution in [2.75, 3.05) is 5.32 Å². The summed E-state index contributed by atoms with van der Waals surface area (Å²) < 4.78 is 28.8. The van der Waals surface area contributed by atoms with Crippen molar-refractivity contribution in [1.29, 1.82) is 0 Å². The van der Waals surface area contributed by atoms with E-state index in [0.717, 1.165) is 15.8 Å². The molecular formula is C26H23N5O3S3. The number of amides is 1. The zero-order chi connectivity index (χ0) is 26.0. The lowest BCUT2D eigenvalue weighted by atomic mass is 10.2. The van der Waals surface area contributed by atoms with Crippen molar-refractivity contribution in [3.63, 3.8) is 0 Å². The summed E-state index contributed by atoms with van der Waals surface area (Å²) in [4.78, 5) is 17.7. The molecule has 1 unspecified atom stereocenters. The van der Waals surface area contributed by atoms with E-state index in [0.29, 0.717) is 16.0 Å². The first-order chi connectivity index (χ1) is 17.8. The Morgan fingerprint density at radius 2 is 1.73 bits per heavy atom. The number of sulfone groups is 1. The minimum Gasteiger partial charge on any atom is -0.301 e. The van der Waals surface area contributed by atoms with Crippen molar-refractivity contribution < 1.29 is 13.2 Å². The normalized spacial score (nSPS) is 12.5. The van der Waals surface area contributed by atoms with Crippen LogP contribution >= 0.6 is 23.1 Å². The summed E-state index contributed by atoms with van der Waals surface area (Å²) in [6.45, 7) is 3.78. The predicted molar refractivity (Wildman–Crippen MR) is 147 cm³/mol. The molecule has 188 valence electrons. The lowest BCUT2D eigenvalue weighted by Crippen LogP contribution is -2.23. The zero-order valence-electron chi connectivity index (χ0n) is 20.0. The molecule has 0 aliphatic carbocycles. The van der Waals surface area contributed by atoms with Crippen LogP contribution in [0.15, 0.2) is 88.9 Å². The Bertz CT molecular complexity index is 1670. The fraction of sp³-hybridized carbons (Fsp3) is 0.154. The van der Waals surface area contributed by atoms with Gasteiger partial charge in [-0.05, 0) is 55.8 Å². The van der Waals surface area contributed by atoms with Gasteiger partial charge in [-0.1, -0.05) is 65.6 Å². The molecule has 1 atom stereocenters. The number of nitrogens with zero attached hydrogens (tertiary/aromatic N) is 4. The molecule has 0 saturated carbocycles. The highest BCUT2D eigenvalue weighted by Crippen LogP contribution is 2.30. The highest BCUT2D eigenvalue weighted by Gasteiger charge is 2.25. The SMILES string of the molecule is Cc1ccc2nc(NC(=O)C(C)Sc3nnc(CS(=O)(=O)c4ccccc4)n3-c3ccccc3)sc2c1. The largest absolute Gasteiger partial charge is 0.301 e. The van der Waals surface area contributed by atoms with Crippen LogP contribution in [-0.2, 0) is 20.4 Å². The molecule has 0 fully saturated rings. The van der Waals surface area contributed by atoms with E-state index in [9.17, 15) is 13.2 Å². The Morgan fingerprint density at radius 3 is 2.46 bits per heavy atom. The van der Waals surface area contributed by atoms with Gasteiger partial charge in [-0.15, -0.1) is 10.2 Å². The molecule has 0 bridgehead atoms. The summed E-state index contributed by atoms with van der Waals surface area (Å²) in [7, 11) is -3.65. The molecule has 0 saturated heterocycles. The zero-order valence-corrected chi connectivity index (χ0v) is 22.5. The number of rotatable bonds is 8. The first kappa shape index (κ1) is 25.1. The molecule has 2 heterocycles. The first-order valence-electron chi connectivity index (χ1n) is 11.4. The second-order valence-corrected chi connectivity index (χ2v) is 12.7. The van der Waals surface area contributed by atoms with Gasteiger partial charge in [0, 0.05) is 5.69 Å². The fourth-order valence-electron chi connectivity index (χ4n) is 3.69. The highest BCUT2D eigenvalue weighted by atomic mass is 32.2. The Labute approximate surface area is 222 Å². The summed E-state index contributed by atoms with van der Waals surface area (Å²) >= 11 is 2.62. The van der Waals surface area contributed by atoms with E-state index in [2.05, 4.69) is 20.5 Å². The molecule has 0 spiro atoms. The molecule has 1 N–H and O–H groups in total. The molecule has 8 nitrogen and oxygen atoms in total. The highest BCUT2D eigenvalue weighted by molar-refractivity contribution is 8.00.